The van der Waals surface area contributed by atoms with E-state index in [9.17, 15) is 76.6 Å². The number of aliphatic hydroxyl groups is 15. The number of hydrogen-bond donors (Lipinski definition) is 15. The van der Waals surface area contributed by atoms with Crippen LogP contribution in [0.15, 0.2) is 0 Å². The molecule has 0 radical (unpaired) electrons. The zero-order valence-electron chi connectivity index (χ0n) is 27.2. The molecule has 15 N–H and O–H groups in total. The predicted octanol–water partition coefficient (Wildman–Crippen LogP) is -10.6. The fourth-order valence-corrected chi connectivity index (χ4v) is 6.42. The average molecular weight is 769 g/mol. The number of hydrogen-bond acceptors (Lipinski definition) is 24. The molecule has 0 aromatic rings. The molecule has 5 aliphatic heterocycles. The van der Waals surface area contributed by atoms with E-state index in [0.717, 1.165) is 0 Å². The minimum atomic E-state index is -2.03. The van der Waals surface area contributed by atoms with Crippen molar-refractivity contribution in [2.24, 2.45) is 0 Å². The number of rotatable bonds is 12. The maximum atomic E-state index is 11.0. The van der Waals surface area contributed by atoms with E-state index in [-0.39, 0.29) is 0 Å². The SMILES string of the molecule is OC[C@@H]1O[C@@H](O[C@H]2[C@@H](OC[C@H]3O[C@@H](O[C@H]4[C@H](O)[C@@H](O)[C@H](O[C@H]5[C@H](O)[C@@H](O)C(O)O[C@@H]5CO)O[C@@H]4CO)[C@H](O)[C@@H](O)[C@@H]3O)OC[C@@H](O)[C@@H]2O)[C@H](O)[C@H]1O. The van der Waals surface area contributed by atoms with Crippen molar-refractivity contribution < 1.29 is 119 Å². The van der Waals surface area contributed by atoms with E-state index in [1.54, 1.807) is 0 Å². The Hall–Kier alpha value is -0.960. The van der Waals surface area contributed by atoms with Gasteiger partial charge in [-0.25, -0.2) is 0 Å². The van der Waals surface area contributed by atoms with Crippen molar-refractivity contribution in [3.8, 4) is 0 Å². The van der Waals surface area contributed by atoms with Crippen LogP contribution < -0.4 is 0 Å². The van der Waals surface area contributed by atoms with Crippen molar-refractivity contribution in [1.29, 1.82) is 0 Å². The molecule has 0 aliphatic carbocycles. The monoisotopic (exact) mass is 768 g/mol. The molecule has 5 aliphatic rings. The molecular weight excluding hydrogens is 720 g/mol. The molecule has 24 nitrogen and oxygen atoms in total. The maximum Gasteiger partial charge on any atom is 0.187 e. The molecular formula is C28H48O24. The van der Waals surface area contributed by atoms with Crippen molar-refractivity contribution in [1.82, 2.24) is 0 Å². The molecule has 52 heavy (non-hydrogen) atoms. The second-order valence-electron chi connectivity index (χ2n) is 13.1. The maximum absolute atomic E-state index is 11.0. The summed E-state index contributed by atoms with van der Waals surface area (Å²) in [6.45, 7) is -3.60. The molecule has 0 aromatic carbocycles. The van der Waals surface area contributed by atoms with Gasteiger partial charge in [-0.2, -0.15) is 0 Å². The zero-order valence-corrected chi connectivity index (χ0v) is 27.2. The quantitative estimate of drug-likeness (QED) is 0.0876. The summed E-state index contributed by atoms with van der Waals surface area (Å²) in [4.78, 5) is 0. The summed E-state index contributed by atoms with van der Waals surface area (Å²) in [5, 5.41) is 154. The van der Waals surface area contributed by atoms with Crippen molar-refractivity contribution >= 4 is 0 Å². The van der Waals surface area contributed by atoms with Crippen molar-refractivity contribution in [3.63, 3.8) is 0 Å². The third kappa shape index (κ3) is 8.55. The molecule has 5 heterocycles. The van der Waals surface area contributed by atoms with Crippen LogP contribution >= 0.6 is 0 Å². The highest BCUT2D eigenvalue weighted by atomic mass is 16.8. The first-order valence-corrected chi connectivity index (χ1v) is 16.4. The molecule has 0 saturated carbocycles. The summed E-state index contributed by atoms with van der Waals surface area (Å²) in [7, 11) is 0. The molecule has 5 fully saturated rings. The summed E-state index contributed by atoms with van der Waals surface area (Å²) in [5.74, 6) is 0. The molecule has 5 rings (SSSR count). The highest BCUT2D eigenvalue weighted by Crippen LogP contribution is 2.33. The Morgan fingerprint density at radius 1 is 0.404 bits per heavy atom. The second kappa shape index (κ2) is 17.9. The molecule has 0 bridgehead atoms. The van der Waals surface area contributed by atoms with Gasteiger partial charge in [0.2, 0.25) is 0 Å². The van der Waals surface area contributed by atoms with Gasteiger partial charge in [0, 0.05) is 0 Å². The first-order valence-electron chi connectivity index (χ1n) is 16.4. The predicted molar refractivity (Wildman–Crippen MR) is 155 cm³/mol. The van der Waals surface area contributed by atoms with Crippen molar-refractivity contribution in [2.75, 3.05) is 33.0 Å². The first kappa shape index (κ1) is 42.2. The zero-order chi connectivity index (χ0) is 38.2. The number of ether oxygens (including phenoxy) is 9. The van der Waals surface area contributed by atoms with Gasteiger partial charge in [-0.3, -0.25) is 0 Å². The Labute approximate surface area is 293 Å². The van der Waals surface area contributed by atoms with Gasteiger partial charge in [-0.1, -0.05) is 0 Å². The average Bonchev–Trinajstić information content (AvgIpc) is 3.40. The van der Waals surface area contributed by atoms with Crippen LogP contribution in [-0.4, -0.2) is 251 Å². The summed E-state index contributed by atoms with van der Waals surface area (Å²) in [5.41, 5.74) is 0. The summed E-state index contributed by atoms with van der Waals surface area (Å²) >= 11 is 0. The molecule has 304 valence electrons. The standard InChI is InChI=1S/C28H48O24/c29-1-7-12(34)18(40)25(47-7)52-23-11(33)6(32)4-44-28(23)45-5-10-13(35)14(36)19(41)26(49-10)51-22-9(3-31)48-27(20(42)16(22)38)50-21-8(2-30)46-24(43)17(39)15(21)37/h6-43H,1-5H2/t6-,7+,8-,9-,10-,11+,12+,13-,14+,15-,16-,17-,18-,19-,20-,21-,22-,23-,24?,25+,26+,27+,28-/m1/s1. The van der Waals surface area contributed by atoms with Gasteiger partial charge in [0.1, 0.15) is 110 Å². The van der Waals surface area contributed by atoms with E-state index < -0.39 is 174 Å². The van der Waals surface area contributed by atoms with Gasteiger partial charge in [-0.05, 0) is 0 Å². The molecule has 5 saturated heterocycles. The minimum absolute atomic E-state index is 0.478. The van der Waals surface area contributed by atoms with Crippen molar-refractivity contribution in [2.45, 2.75) is 141 Å². The highest BCUT2D eigenvalue weighted by Gasteiger charge is 2.54. The molecule has 0 spiro atoms. The molecule has 23 atom stereocenters. The van der Waals surface area contributed by atoms with Crippen LogP contribution in [0.1, 0.15) is 0 Å². The molecule has 24 heteroatoms. The fraction of sp³-hybridized carbons (Fsp3) is 1.00. The lowest BCUT2D eigenvalue weighted by Crippen LogP contribution is -2.66. The van der Waals surface area contributed by atoms with Gasteiger partial charge in [0.25, 0.3) is 0 Å². The van der Waals surface area contributed by atoms with Crippen LogP contribution in [0, 0.1) is 0 Å². The molecule has 1 unspecified atom stereocenters. The minimum Gasteiger partial charge on any atom is -0.394 e. The van der Waals surface area contributed by atoms with E-state index >= 15 is 0 Å². The van der Waals surface area contributed by atoms with Crippen LogP contribution in [0.25, 0.3) is 0 Å². The second-order valence-corrected chi connectivity index (χ2v) is 13.1. The van der Waals surface area contributed by atoms with Gasteiger partial charge < -0.3 is 119 Å². The van der Waals surface area contributed by atoms with Crippen LogP contribution in [0.3, 0.4) is 0 Å². The summed E-state index contributed by atoms with van der Waals surface area (Å²) in [6, 6.07) is 0. The largest absolute Gasteiger partial charge is 0.394 e. The first-order chi connectivity index (χ1) is 24.6. The van der Waals surface area contributed by atoms with Gasteiger partial charge >= 0.3 is 0 Å². The lowest BCUT2D eigenvalue weighted by molar-refractivity contribution is -0.380. The Kier molecular flexibility index (Phi) is 14.5. The molecule has 0 aromatic heterocycles. The van der Waals surface area contributed by atoms with Crippen LogP contribution in [0.5, 0.6) is 0 Å². The van der Waals surface area contributed by atoms with Crippen molar-refractivity contribution in [3.05, 3.63) is 0 Å². The van der Waals surface area contributed by atoms with Gasteiger partial charge in [0.05, 0.1) is 33.0 Å². The highest BCUT2D eigenvalue weighted by molar-refractivity contribution is 4.97. The van der Waals surface area contributed by atoms with Crippen LogP contribution in [-0.2, 0) is 42.6 Å². The normalized spacial score (nSPS) is 53.2. The number of aliphatic hydroxyl groups excluding tert-OH is 15. The molecule has 0 amide bonds. The Bertz CT molecular complexity index is 1110. The van der Waals surface area contributed by atoms with E-state index in [2.05, 4.69) is 0 Å². The van der Waals surface area contributed by atoms with Crippen LogP contribution in [0.4, 0.5) is 0 Å². The third-order valence-electron chi connectivity index (χ3n) is 9.56. The summed E-state index contributed by atoms with van der Waals surface area (Å²) in [6.07, 6.45) is -39.7. The van der Waals surface area contributed by atoms with E-state index in [1.165, 1.54) is 0 Å². The topological polar surface area (TPSA) is 387 Å². The smallest absolute Gasteiger partial charge is 0.187 e. The Morgan fingerprint density at radius 3 is 1.40 bits per heavy atom. The van der Waals surface area contributed by atoms with E-state index in [1.807, 2.05) is 0 Å². The lowest BCUT2D eigenvalue weighted by atomic mass is 9.96. The summed E-state index contributed by atoms with van der Waals surface area (Å²) < 4.78 is 49.1. The van der Waals surface area contributed by atoms with Gasteiger partial charge in [-0.15, -0.1) is 0 Å². The van der Waals surface area contributed by atoms with E-state index in [4.69, 9.17) is 42.6 Å². The van der Waals surface area contributed by atoms with Crippen LogP contribution in [0.2, 0.25) is 0 Å². The lowest BCUT2D eigenvalue weighted by Gasteiger charge is -2.48. The Balaban J connectivity index is 1.23. The third-order valence-corrected chi connectivity index (χ3v) is 9.56. The Morgan fingerprint density at radius 2 is 0.846 bits per heavy atom. The fourth-order valence-electron chi connectivity index (χ4n) is 6.42. The van der Waals surface area contributed by atoms with E-state index in [0.29, 0.717) is 0 Å². The van der Waals surface area contributed by atoms with Gasteiger partial charge in [0.15, 0.2) is 31.5 Å².